The fraction of sp³-hybridized carbons (Fsp3) is 0.519. The van der Waals surface area contributed by atoms with Gasteiger partial charge in [0.25, 0.3) is 0 Å². The lowest BCUT2D eigenvalue weighted by atomic mass is 9.96. The van der Waals surface area contributed by atoms with E-state index in [-0.39, 0.29) is 22.9 Å². The van der Waals surface area contributed by atoms with Crippen molar-refractivity contribution in [2.45, 2.75) is 82.1 Å². The normalized spacial score (nSPS) is 15.6. The zero-order valence-corrected chi connectivity index (χ0v) is 22.7. The van der Waals surface area contributed by atoms with Crippen molar-refractivity contribution in [2.75, 3.05) is 13.6 Å². The van der Waals surface area contributed by atoms with Gasteiger partial charge in [0, 0.05) is 32.6 Å². The minimum Gasteiger partial charge on any atom is -0.338 e. The zero-order chi connectivity index (χ0) is 27.6. The zero-order valence-electron chi connectivity index (χ0n) is 21.9. The van der Waals surface area contributed by atoms with Crippen LogP contribution >= 0.6 is 0 Å². The first-order chi connectivity index (χ1) is 17.3. The molecule has 10 heteroatoms. The summed E-state index contributed by atoms with van der Waals surface area (Å²) < 4.78 is 64.0. The van der Waals surface area contributed by atoms with Gasteiger partial charge in [-0.15, -0.1) is 0 Å². The van der Waals surface area contributed by atoms with Crippen LogP contribution in [0.2, 0.25) is 0 Å². The van der Waals surface area contributed by atoms with Crippen LogP contribution in [0.3, 0.4) is 0 Å². The van der Waals surface area contributed by atoms with E-state index in [1.807, 2.05) is 25.2 Å². The highest BCUT2D eigenvalue weighted by atomic mass is 32.2. The van der Waals surface area contributed by atoms with Gasteiger partial charge in [-0.3, -0.25) is 4.79 Å². The second kappa shape index (κ2) is 13.9. The molecule has 2 aromatic rings. The van der Waals surface area contributed by atoms with Crippen molar-refractivity contribution in [2.24, 2.45) is 0 Å². The molecule has 0 unspecified atom stereocenters. The molecule has 206 valence electrons. The first-order valence-electron chi connectivity index (χ1n) is 12.5. The Morgan fingerprint density at radius 3 is 2.05 bits per heavy atom. The summed E-state index contributed by atoms with van der Waals surface area (Å²) >= 11 is 0. The Hall–Kier alpha value is -2.43. The smallest absolute Gasteiger partial charge is 0.338 e. The van der Waals surface area contributed by atoms with Gasteiger partial charge in [-0.1, -0.05) is 63.4 Å². The number of sulfonamides is 1. The monoisotopic (exact) mass is 541 g/mol. The lowest BCUT2D eigenvalue weighted by Crippen LogP contribution is -2.38. The first-order valence-corrected chi connectivity index (χ1v) is 14.0. The van der Waals surface area contributed by atoms with Gasteiger partial charge in [0.1, 0.15) is 0 Å². The van der Waals surface area contributed by atoms with E-state index in [2.05, 4.69) is 36.0 Å². The maximum Gasteiger partial charge on any atom is 0.416 e. The molecule has 0 spiro atoms. The Morgan fingerprint density at radius 1 is 1.00 bits per heavy atom. The molecule has 1 aliphatic rings. The molecule has 0 saturated heterocycles. The third kappa shape index (κ3) is 10.1. The minimum absolute atomic E-state index is 0.0874. The lowest BCUT2D eigenvalue weighted by Gasteiger charge is -2.28. The highest BCUT2D eigenvalue weighted by molar-refractivity contribution is 7.89. The van der Waals surface area contributed by atoms with Crippen LogP contribution in [0.15, 0.2) is 59.5 Å². The number of halogens is 3. The van der Waals surface area contributed by atoms with Crippen LogP contribution in [0, 0.1) is 0 Å². The molecule has 6 nitrogen and oxygen atoms in total. The van der Waals surface area contributed by atoms with Gasteiger partial charge >= 0.3 is 6.18 Å². The van der Waals surface area contributed by atoms with Crippen molar-refractivity contribution in [3.63, 3.8) is 0 Å². The fourth-order valence-corrected chi connectivity index (χ4v) is 5.36. The molecule has 1 aliphatic carbocycles. The molecule has 3 rings (SSSR count). The van der Waals surface area contributed by atoms with E-state index < -0.39 is 21.8 Å². The lowest BCUT2D eigenvalue weighted by molar-refractivity contribution is -0.137. The summed E-state index contributed by atoms with van der Waals surface area (Å²) in [5, 5.41) is 3.39. The Balaban J connectivity index is 0.000000264. The molecule has 0 aliphatic heterocycles. The molecule has 1 fully saturated rings. The van der Waals surface area contributed by atoms with Gasteiger partial charge in [0.15, 0.2) is 0 Å². The third-order valence-corrected chi connectivity index (χ3v) is 7.82. The summed E-state index contributed by atoms with van der Waals surface area (Å²) in [5.74, 6) is 0.0874. The predicted molar refractivity (Wildman–Crippen MR) is 139 cm³/mol. The first kappa shape index (κ1) is 30.8. The van der Waals surface area contributed by atoms with E-state index in [9.17, 15) is 26.4 Å². The van der Waals surface area contributed by atoms with E-state index in [1.165, 1.54) is 5.56 Å². The number of nitrogens with one attached hydrogen (secondary N) is 2. The Labute approximate surface area is 218 Å². The van der Waals surface area contributed by atoms with Gasteiger partial charge in [-0.05, 0) is 42.7 Å². The summed E-state index contributed by atoms with van der Waals surface area (Å²) in [6, 6.07) is 14.1. The number of carbonyl (C=O) groups excluding carboxylic acids is 1. The molecule has 0 radical (unpaired) electrons. The molecular weight excluding hydrogens is 503 g/mol. The van der Waals surface area contributed by atoms with E-state index in [4.69, 9.17) is 0 Å². The molecule has 1 atom stereocenters. The predicted octanol–water partition coefficient (Wildman–Crippen LogP) is 5.52. The maximum atomic E-state index is 12.4. The van der Waals surface area contributed by atoms with Crippen molar-refractivity contribution >= 4 is 15.9 Å². The van der Waals surface area contributed by atoms with Crippen LogP contribution in [0.4, 0.5) is 13.2 Å². The van der Waals surface area contributed by atoms with Crippen LogP contribution < -0.4 is 10.0 Å². The summed E-state index contributed by atoms with van der Waals surface area (Å²) in [5.41, 5.74) is 0.312. The minimum atomic E-state index is -4.46. The average Bonchev–Trinajstić information content (AvgIpc) is 2.85. The molecule has 37 heavy (non-hydrogen) atoms. The van der Waals surface area contributed by atoms with E-state index >= 15 is 0 Å². The number of carbonyl (C=O) groups is 1. The third-order valence-electron chi connectivity index (χ3n) is 6.29. The second-order valence-corrected chi connectivity index (χ2v) is 11.3. The number of amides is 1. The van der Waals surface area contributed by atoms with Crippen molar-refractivity contribution in [1.82, 2.24) is 14.9 Å². The maximum absolute atomic E-state index is 12.4. The Morgan fingerprint density at radius 2 is 1.57 bits per heavy atom. The Bertz CT molecular complexity index is 1070. The van der Waals surface area contributed by atoms with E-state index in [1.54, 1.807) is 11.8 Å². The van der Waals surface area contributed by atoms with Gasteiger partial charge in [0.2, 0.25) is 15.9 Å². The topological polar surface area (TPSA) is 78.5 Å². The standard InChI is InChI=1S/C14H22N2O.C13H16F3NO2S/c1-11(2)15-10-14(16(4)12(3)17)13-8-6-5-7-9-13;14-13(15,16)10-6-8-12(9-7-10)20(18,19)17-11-4-2-1-3-5-11/h5-9,11,14-15H,10H2,1-4H3;6-9,11,17H,1-5H2/t14-;/m1./s1. The number of hydrogen-bond donors (Lipinski definition) is 2. The van der Waals surface area contributed by atoms with E-state index in [0.717, 1.165) is 62.9 Å². The average molecular weight is 542 g/mol. The number of hydrogen-bond acceptors (Lipinski definition) is 4. The fourth-order valence-electron chi connectivity index (χ4n) is 4.05. The SMILES string of the molecule is CC(=O)N(C)[C@H](CNC(C)C)c1ccccc1.O=S(=O)(NC1CCCCC1)c1ccc(C(F)(F)F)cc1. The van der Waals surface area contributed by atoms with Crippen LogP contribution in [-0.4, -0.2) is 44.9 Å². The van der Waals surface area contributed by atoms with Gasteiger partial charge in [0.05, 0.1) is 16.5 Å². The van der Waals surface area contributed by atoms with Gasteiger partial charge < -0.3 is 10.2 Å². The number of nitrogens with zero attached hydrogens (tertiary/aromatic N) is 1. The van der Waals surface area contributed by atoms with Gasteiger partial charge in [-0.2, -0.15) is 13.2 Å². The highest BCUT2D eigenvalue weighted by Crippen LogP contribution is 2.30. The summed E-state index contributed by atoms with van der Waals surface area (Å²) in [7, 11) is -1.89. The van der Waals surface area contributed by atoms with Crippen molar-refractivity contribution < 1.29 is 26.4 Å². The molecule has 2 N–H and O–H groups in total. The summed E-state index contributed by atoms with van der Waals surface area (Å²) in [6.45, 7) is 6.59. The number of alkyl halides is 3. The number of benzene rings is 2. The second-order valence-electron chi connectivity index (χ2n) is 9.60. The molecule has 2 aromatic carbocycles. The van der Waals surface area contributed by atoms with Crippen molar-refractivity contribution in [1.29, 1.82) is 0 Å². The Kier molecular flexibility index (Phi) is 11.6. The molecule has 0 aromatic heterocycles. The van der Waals surface area contributed by atoms with Crippen LogP contribution in [0.1, 0.15) is 70.0 Å². The number of rotatable bonds is 8. The van der Waals surface area contributed by atoms with Crippen molar-refractivity contribution in [3.05, 3.63) is 65.7 Å². The molecule has 0 bridgehead atoms. The largest absolute Gasteiger partial charge is 0.416 e. The summed E-state index contributed by atoms with van der Waals surface area (Å²) in [4.78, 5) is 13.2. The van der Waals surface area contributed by atoms with Crippen LogP contribution in [-0.2, 0) is 21.0 Å². The highest BCUT2D eigenvalue weighted by Gasteiger charge is 2.31. The number of likely N-dealkylation sites (N-methyl/N-ethyl adjacent to an activating group) is 1. The van der Waals surface area contributed by atoms with Gasteiger partial charge in [-0.25, -0.2) is 13.1 Å². The summed E-state index contributed by atoms with van der Waals surface area (Å²) in [6.07, 6.45) is 0.137. The molecular formula is C27H38F3N3O3S. The molecule has 0 heterocycles. The quantitative estimate of drug-likeness (QED) is 0.461. The van der Waals surface area contributed by atoms with E-state index in [0.29, 0.717) is 6.04 Å². The molecule has 1 amide bonds. The van der Waals surface area contributed by atoms with Crippen LogP contribution in [0.5, 0.6) is 0 Å². The molecule has 1 saturated carbocycles. The van der Waals surface area contributed by atoms with Crippen LogP contribution in [0.25, 0.3) is 0 Å². The van der Waals surface area contributed by atoms with Crippen molar-refractivity contribution in [3.8, 4) is 0 Å².